The first-order valence-corrected chi connectivity index (χ1v) is 8.61. The number of hydrogen-bond acceptors (Lipinski definition) is 4. The van der Waals surface area contributed by atoms with Gasteiger partial charge in [0.25, 0.3) is 0 Å². The largest absolute Gasteiger partial charge is 0.490 e. The quantitative estimate of drug-likeness (QED) is 0.655. The minimum atomic E-state index is -0.956. The van der Waals surface area contributed by atoms with Crippen molar-refractivity contribution in [3.05, 3.63) is 57.3 Å². The van der Waals surface area contributed by atoms with E-state index in [0.29, 0.717) is 18.9 Å². The van der Waals surface area contributed by atoms with Gasteiger partial charge >= 0.3 is 5.97 Å². The molecular weight excluding hydrogens is 384 g/mol. The fourth-order valence-corrected chi connectivity index (χ4v) is 2.76. The summed E-state index contributed by atoms with van der Waals surface area (Å²) in [6, 6.07) is 7.72. The number of aliphatic carboxylic acids is 1. The highest BCUT2D eigenvalue weighted by molar-refractivity contribution is 6.32. The van der Waals surface area contributed by atoms with Crippen molar-refractivity contribution >= 4 is 29.2 Å². The molecule has 5 nitrogen and oxygen atoms in total. The summed E-state index contributed by atoms with van der Waals surface area (Å²) < 4.78 is 25.1. The topological polar surface area (TPSA) is 67.8 Å². The Morgan fingerprint density at radius 3 is 2.65 bits per heavy atom. The van der Waals surface area contributed by atoms with E-state index >= 15 is 0 Å². The summed E-state index contributed by atoms with van der Waals surface area (Å²) in [6.45, 7) is 2.19. The maximum atomic E-state index is 13.9. The third-order valence-electron chi connectivity index (χ3n) is 3.40. The van der Waals surface area contributed by atoms with Crippen LogP contribution < -0.4 is 14.8 Å². The predicted molar refractivity (Wildman–Crippen MR) is 97.7 cm³/mol. The smallest absolute Gasteiger partial charge is 0.317 e. The molecule has 0 aromatic heterocycles. The number of hydrogen-bond donors (Lipinski definition) is 2. The van der Waals surface area contributed by atoms with Gasteiger partial charge in [-0.1, -0.05) is 29.3 Å². The van der Waals surface area contributed by atoms with E-state index in [2.05, 4.69) is 5.32 Å². The van der Waals surface area contributed by atoms with Crippen LogP contribution in [0.1, 0.15) is 18.1 Å². The van der Waals surface area contributed by atoms with Gasteiger partial charge in [-0.25, -0.2) is 4.39 Å². The number of carbonyl (C=O) groups is 1. The SMILES string of the molecule is CCOc1cc(CNCC(=O)O)cc(Cl)c1OCc1c(F)cccc1Cl. The Hall–Kier alpha value is -2.02. The normalized spacial score (nSPS) is 10.6. The summed E-state index contributed by atoms with van der Waals surface area (Å²) in [5.41, 5.74) is 0.954. The molecule has 0 heterocycles. The highest BCUT2D eigenvalue weighted by atomic mass is 35.5. The van der Waals surface area contributed by atoms with Crippen LogP contribution in [-0.4, -0.2) is 24.2 Å². The van der Waals surface area contributed by atoms with Gasteiger partial charge in [0.2, 0.25) is 0 Å². The Balaban J connectivity index is 2.20. The highest BCUT2D eigenvalue weighted by Gasteiger charge is 2.15. The van der Waals surface area contributed by atoms with Crippen molar-refractivity contribution in [1.82, 2.24) is 5.32 Å². The number of ether oxygens (including phenoxy) is 2. The molecule has 0 radical (unpaired) electrons. The minimum Gasteiger partial charge on any atom is -0.490 e. The van der Waals surface area contributed by atoms with Crippen molar-refractivity contribution in [1.29, 1.82) is 0 Å². The molecule has 2 aromatic carbocycles. The number of nitrogens with one attached hydrogen (secondary N) is 1. The summed E-state index contributed by atoms with van der Waals surface area (Å²) in [7, 11) is 0. The van der Waals surface area contributed by atoms with Gasteiger partial charge in [-0.15, -0.1) is 0 Å². The van der Waals surface area contributed by atoms with Gasteiger partial charge < -0.3 is 19.9 Å². The zero-order valence-corrected chi connectivity index (χ0v) is 15.5. The molecule has 8 heteroatoms. The molecule has 140 valence electrons. The van der Waals surface area contributed by atoms with E-state index < -0.39 is 11.8 Å². The summed E-state index contributed by atoms with van der Waals surface area (Å²) in [6.07, 6.45) is 0. The molecule has 0 aliphatic carbocycles. The van der Waals surface area contributed by atoms with Gasteiger partial charge in [-0.3, -0.25) is 4.79 Å². The van der Waals surface area contributed by atoms with Crippen LogP contribution in [0, 0.1) is 5.82 Å². The van der Waals surface area contributed by atoms with Crippen molar-refractivity contribution in [2.45, 2.75) is 20.1 Å². The number of rotatable bonds is 9. The first kappa shape index (κ1) is 20.3. The van der Waals surface area contributed by atoms with Crippen LogP contribution >= 0.6 is 23.2 Å². The van der Waals surface area contributed by atoms with Gasteiger partial charge in [-0.05, 0) is 36.8 Å². The zero-order valence-electron chi connectivity index (χ0n) is 14.0. The van der Waals surface area contributed by atoms with E-state index in [9.17, 15) is 9.18 Å². The van der Waals surface area contributed by atoms with Gasteiger partial charge in [0.05, 0.1) is 23.2 Å². The third kappa shape index (κ3) is 5.49. The second-order valence-electron chi connectivity index (χ2n) is 5.32. The minimum absolute atomic E-state index is 0.109. The van der Waals surface area contributed by atoms with Crippen LogP contribution in [0.25, 0.3) is 0 Å². The van der Waals surface area contributed by atoms with Crippen molar-refractivity contribution < 1.29 is 23.8 Å². The maximum Gasteiger partial charge on any atom is 0.317 e. The summed E-state index contributed by atoms with van der Waals surface area (Å²) in [5, 5.41) is 12.0. The van der Waals surface area contributed by atoms with E-state index in [1.165, 1.54) is 12.1 Å². The lowest BCUT2D eigenvalue weighted by Gasteiger charge is -2.16. The lowest BCUT2D eigenvalue weighted by molar-refractivity contribution is -0.135. The van der Waals surface area contributed by atoms with Crippen LogP contribution in [0.5, 0.6) is 11.5 Å². The number of carboxylic acids is 1. The summed E-state index contributed by atoms with van der Waals surface area (Å²) >= 11 is 12.3. The fourth-order valence-electron chi connectivity index (χ4n) is 2.25. The lowest BCUT2D eigenvalue weighted by atomic mass is 10.2. The molecular formula is C18H18Cl2FNO4. The highest BCUT2D eigenvalue weighted by Crippen LogP contribution is 2.37. The number of benzene rings is 2. The molecule has 0 saturated heterocycles. The molecule has 0 bridgehead atoms. The molecule has 0 aliphatic rings. The van der Waals surface area contributed by atoms with Crippen LogP contribution in [-0.2, 0) is 17.9 Å². The Bertz CT molecular complexity index is 766. The molecule has 0 unspecified atom stereocenters. The Morgan fingerprint density at radius 2 is 2.00 bits per heavy atom. The Morgan fingerprint density at radius 1 is 1.23 bits per heavy atom. The molecule has 2 N–H and O–H groups in total. The van der Waals surface area contributed by atoms with Crippen LogP contribution in [0.4, 0.5) is 4.39 Å². The molecule has 2 aromatic rings. The van der Waals surface area contributed by atoms with Crippen molar-refractivity contribution in [2.75, 3.05) is 13.2 Å². The first-order chi connectivity index (χ1) is 12.4. The first-order valence-electron chi connectivity index (χ1n) is 7.85. The Labute approximate surface area is 160 Å². The average Bonchev–Trinajstić information content (AvgIpc) is 2.56. The molecule has 0 saturated carbocycles. The third-order valence-corrected chi connectivity index (χ3v) is 4.03. The second-order valence-corrected chi connectivity index (χ2v) is 6.14. The molecule has 0 atom stereocenters. The molecule has 0 fully saturated rings. The van der Waals surface area contributed by atoms with Gasteiger partial charge in [-0.2, -0.15) is 0 Å². The van der Waals surface area contributed by atoms with Crippen molar-refractivity contribution in [3.63, 3.8) is 0 Å². The van der Waals surface area contributed by atoms with Crippen LogP contribution in [0.15, 0.2) is 30.3 Å². The number of halogens is 3. The predicted octanol–water partition coefficient (Wildman–Crippen LogP) is 4.28. The number of carboxylic acid groups (broad SMARTS) is 1. The lowest BCUT2D eigenvalue weighted by Crippen LogP contribution is -2.21. The van der Waals surface area contributed by atoms with Crippen LogP contribution in [0.3, 0.4) is 0 Å². The summed E-state index contributed by atoms with van der Waals surface area (Å²) in [4.78, 5) is 10.6. The molecule has 2 rings (SSSR count). The van der Waals surface area contributed by atoms with Gasteiger partial charge in [0.15, 0.2) is 11.5 Å². The van der Waals surface area contributed by atoms with Crippen molar-refractivity contribution in [2.24, 2.45) is 0 Å². The standard InChI is InChI=1S/C18H18Cl2FNO4/c1-2-25-16-7-11(8-22-9-17(23)24)6-14(20)18(16)26-10-12-13(19)4-3-5-15(12)21/h3-7,22H,2,8-10H2,1H3,(H,23,24). The van der Waals surface area contributed by atoms with E-state index in [4.69, 9.17) is 37.8 Å². The fraction of sp³-hybridized carbons (Fsp3) is 0.278. The van der Waals surface area contributed by atoms with Gasteiger partial charge in [0.1, 0.15) is 12.4 Å². The molecule has 0 amide bonds. The molecule has 0 spiro atoms. The molecule has 26 heavy (non-hydrogen) atoms. The Kier molecular flexibility index (Phi) is 7.50. The monoisotopic (exact) mass is 401 g/mol. The van der Waals surface area contributed by atoms with E-state index in [1.54, 1.807) is 25.1 Å². The zero-order chi connectivity index (χ0) is 19.1. The van der Waals surface area contributed by atoms with Crippen LogP contribution in [0.2, 0.25) is 10.0 Å². The average molecular weight is 402 g/mol. The van der Waals surface area contributed by atoms with Crippen molar-refractivity contribution in [3.8, 4) is 11.5 Å². The second kappa shape index (κ2) is 9.62. The maximum absolute atomic E-state index is 13.9. The summed E-state index contributed by atoms with van der Waals surface area (Å²) in [5.74, 6) is -0.765. The molecule has 0 aliphatic heterocycles. The van der Waals surface area contributed by atoms with E-state index in [0.717, 1.165) is 5.56 Å². The van der Waals surface area contributed by atoms with Gasteiger partial charge in [0, 0.05) is 12.1 Å². The van der Waals surface area contributed by atoms with E-state index in [-0.39, 0.29) is 34.5 Å². The van der Waals surface area contributed by atoms with E-state index in [1.807, 2.05) is 0 Å².